The van der Waals surface area contributed by atoms with E-state index in [9.17, 15) is 18.0 Å². The van der Waals surface area contributed by atoms with Crippen molar-refractivity contribution in [3.05, 3.63) is 18.0 Å². The summed E-state index contributed by atoms with van der Waals surface area (Å²) in [7, 11) is 1.47. The number of nitrogens with two attached hydrogens (primary N) is 1. The molecule has 172 valence electrons. The fourth-order valence-electron chi connectivity index (χ4n) is 3.44. The van der Waals surface area contributed by atoms with Crippen molar-refractivity contribution >= 4 is 23.8 Å². The van der Waals surface area contributed by atoms with Crippen LogP contribution in [-0.2, 0) is 20.4 Å². The van der Waals surface area contributed by atoms with Crippen LogP contribution in [0.15, 0.2) is 12.3 Å². The standard InChI is InChI=1S/C18H20F3N7O4/c1-30-8-10-9-32-17(29)28(10)13-6-12(24-16(25-13)27-2-4-31-5-3-27)11-7-23-15(22)26-14(11)18(19,20)21/h6-7,10H,2-5,8-9H2,1H3,(H2,22,23,26)/t10-/m0/s1. The first kappa shape index (κ1) is 22.0. The Morgan fingerprint density at radius 2 is 2.00 bits per heavy atom. The third-order valence-corrected chi connectivity index (χ3v) is 4.91. The number of aromatic nitrogens is 4. The second-order valence-electron chi connectivity index (χ2n) is 7.06. The molecule has 4 heterocycles. The summed E-state index contributed by atoms with van der Waals surface area (Å²) < 4.78 is 56.6. The van der Waals surface area contributed by atoms with Crippen molar-refractivity contribution in [1.29, 1.82) is 0 Å². The maximum atomic E-state index is 13.7. The summed E-state index contributed by atoms with van der Waals surface area (Å²) in [5, 5.41) is 0. The molecule has 2 saturated heterocycles. The molecule has 0 saturated carbocycles. The quantitative estimate of drug-likeness (QED) is 0.705. The number of nitrogen functional groups attached to an aromatic ring is 1. The molecule has 2 fully saturated rings. The number of amides is 1. The van der Waals surface area contributed by atoms with Crippen LogP contribution in [0.3, 0.4) is 0 Å². The Morgan fingerprint density at radius 3 is 2.69 bits per heavy atom. The molecule has 32 heavy (non-hydrogen) atoms. The van der Waals surface area contributed by atoms with E-state index < -0.39 is 30.0 Å². The van der Waals surface area contributed by atoms with Gasteiger partial charge in [0, 0.05) is 38.0 Å². The molecule has 2 aliphatic heterocycles. The smallest absolute Gasteiger partial charge is 0.434 e. The maximum absolute atomic E-state index is 13.7. The molecule has 11 nitrogen and oxygen atoms in total. The third-order valence-electron chi connectivity index (χ3n) is 4.91. The number of anilines is 3. The first-order chi connectivity index (χ1) is 15.3. The molecule has 0 aromatic carbocycles. The lowest BCUT2D eigenvalue weighted by atomic mass is 10.1. The number of morpholine rings is 1. The van der Waals surface area contributed by atoms with E-state index in [4.69, 9.17) is 19.9 Å². The summed E-state index contributed by atoms with van der Waals surface area (Å²) in [5.74, 6) is -0.306. The number of alkyl halides is 3. The predicted molar refractivity (Wildman–Crippen MR) is 105 cm³/mol. The number of hydrogen-bond donors (Lipinski definition) is 1. The maximum Gasteiger partial charge on any atom is 0.434 e. The lowest BCUT2D eigenvalue weighted by Crippen LogP contribution is -2.39. The number of carbonyl (C=O) groups excluding carboxylic acids is 1. The molecule has 2 N–H and O–H groups in total. The molecule has 0 aliphatic carbocycles. The highest BCUT2D eigenvalue weighted by Crippen LogP contribution is 2.37. The van der Waals surface area contributed by atoms with E-state index in [1.54, 1.807) is 4.90 Å². The number of ether oxygens (including phenoxy) is 3. The Balaban J connectivity index is 1.86. The zero-order valence-corrected chi connectivity index (χ0v) is 17.0. The van der Waals surface area contributed by atoms with Crippen molar-refractivity contribution in [3.63, 3.8) is 0 Å². The fraction of sp³-hybridized carbons (Fsp3) is 0.500. The second kappa shape index (κ2) is 8.70. The molecular formula is C18H20F3N7O4. The molecule has 1 amide bonds. The number of rotatable bonds is 5. The minimum absolute atomic E-state index is 0.0533. The zero-order valence-electron chi connectivity index (χ0n) is 17.0. The Morgan fingerprint density at radius 1 is 1.25 bits per heavy atom. The van der Waals surface area contributed by atoms with Gasteiger partial charge in [-0.3, -0.25) is 4.90 Å². The number of hydrogen-bond acceptors (Lipinski definition) is 10. The van der Waals surface area contributed by atoms with E-state index in [-0.39, 0.29) is 36.2 Å². The number of methoxy groups -OCH3 is 1. The average Bonchev–Trinajstić information content (AvgIpc) is 3.13. The van der Waals surface area contributed by atoms with Gasteiger partial charge < -0.3 is 24.8 Å². The largest absolute Gasteiger partial charge is 0.447 e. The molecule has 0 radical (unpaired) electrons. The van der Waals surface area contributed by atoms with Gasteiger partial charge in [-0.05, 0) is 0 Å². The second-order valence-corrected chi connectivity index (χ2v) is 7.06. The Kier molecular flexibility index (Phi) is 5.97. The molecule has 2 aromatic rings. The summed E-state index contributed by atoms with van der Waals surface area (Å²) in [6.45, 7) is 1.87. The van der Waals surface area contributed by atoms with Crippen LogP contribution in [0.1, 0.15) is 5.69 Å². The van der Waals surface area contributed by atoms with Crippen molar-refractivity contribution in [2.24, 2.45) is 0 Å². The van der Waals surface area contributed by atoms with Gasteiger partial charge in [-0.1, -0.05) is 0 Å². The summed E-state index contributed by atoms with van der Waals surface area (Å²) in [6.07, 6.45) is -4.54. The zero-order chi connectivity index (χ0) is 22.9. The predicted octanol–water partition coefficient (Wildman–Crippen LogP) is 1.34. The van der Waals surface area contributed by atoms with E-state index in [2.05, 4.69) is 19.9 Å². The van der Waals surface area contributed by atoms with Crippen LogP contribution in [0.4, 0.5) is 35.7 Å². The highest BCUT2D eigenvalue weighted by molar-refractivity contribution is 5.90. The van der Waals surface area contributed by atoms with Gasteiger partial charge >= 0.3 is 12.3 Å². The summed E-state index contributed by atoms with van der Waals surface area (Å²) in [6, 6.07) is 0.765. The van der Waals surface area contributed by atoms with Crippen LogP contribution in [0, 0.1) is 0 Å². The number of cyclic esters (lactones) is 1. The van der Waals surface area contributed by atoms with Gasteiger partial charge in [0.25, 0.3) is 0 Å². The minimum atomic E-state index is -4.80. The van der Waals surface area contributed by atoms with Crippen LogP contribution in [0.25, 0.3) is 11.3 Å². The molecule has 2 aliphatic rings. The van der Waals surface area contributed by atoms with Crippen LogP contribution in [0.5, 0.6) is 0 Å². The van der Waals surface area contributed by atoms with E-state index in [0.29, 0.717) is 26.3 Å². The Hall–Kier alpha value is -3.26. The molecule has 1 atom stereocenters. The van der Waals surface area contributed by atoms with E-state index >= 15 is 0 Å². The Labute approximate surface area is 180 Å². The summed E-state index contributed by atoms with van der Waals surface area (Å²) in [5.41, 5.74) is 3.65. The van der Waals surface area contributed by atoms with Crippen molar-refractivity contribution in [1.82, 2.24) is 19.9 Å². The first-order valence-corrected chi connectivity index (χ1v) is 9.64. The van der Waals surface area contributed by atoms with Gasteiger partial charge in [0.1, 0.15) is 12.4 Å². The summed E-state index contributed by atoms with van der Waals surface area (Å²) >= 11 is 0. The minimum Gasteiger partial charge on any atom is -0.447 e. The van der Waals surface area contributed by atoms with Crippen molar-refractivity contribution in [3.8, 4) is 11.3 Å². The van der Waals surface area contributed by atoms with Gasteiger partial charge in [0.05, 0.1) is 31.6 Å². The van der Waals surface area contributed by atoms with Gasteiger partial charge in [-0.15, -0.1) is 0 Å². The molecule has 2 aromatic heterocycles. The lowest BCUT2D eigenvalue weighted by Gasteiger charge is -2.28. The van der Waals surface area contributed by atoms with Gasteiger partial charge in [-0.2, -0.15) is 18.2 Å². The first-order valence-electron chi connectivity index (χ1n) is 9.64. The molecule has 14 heteroatoms. The highest BCUT2D eigenvalue weighted by atomic mass is 19.4. The monoisotopic (exact) mass is 455 g/mol. The molecule has 0 bridgehead atoms. The SMILES string of the molecule is COC[C@H]1COC(=O)N1c1cc(-c2cnc(N)nc2C(F)(F)F)nc(N2CCOCC2)n1. The third kappa shape index (κ3) is 4.36. The number of halogens is 3. The molecule has 0 spiro atoms. The van der Waals surface area contributed by atoms with Crippen molar-refractivity contribution in [2.45, 2.75) is 12.2 Å². The fourth-order valence-corrected chi connectivity index (χ4v) is 3.44. The molecule has 4 rings (SSSR count). The summed E-state index contributed by atoms with van der Waals surface area (Å²) in [4.78, 5) is 31.2. The van der Waals surface area contributed by atoms with Crippen LogP contribution < -0.4 is 15.5 Å². The lowest BCUT2D eigenvalue weighted by molar-refractivity contribution is -0.140. The normalized spacial score (nSPS) is 19.4. The van der Waals surface area contributed by atoms with Gasteiger partial charge in [-0.25, -0.2) is 19.7 Å². The number of carbonyl (C=O) groups is 1. The van der Waals surface area contributed by atoms with E-state index in [1.165, 1.54) is 18.1 Å². The van der Waals surface area contributed by atoms with Crippen molar-refractivity contribution in [2.75, 3.05) is 62.2 Å². The average molecular weight is 455 g/mol. The van der Waals surface area contributed by atoms with Crippen LogP contribution >= 0.6 is 0 Å². The molecule has 0 unspecified atom stereocenters. The highest BCUT2D eigenvalue weighted by Gasteiger charge is 2.39. The topological polar surface area (TPSA) is 129 Å². The van der Waals surface area contributed by atoms with E-state index in [0.717, 1.165) is 6.20 Å². The van der Waals surface area contributed by atoms with E-state index in [1.807, 2.05) is 0 Å². The molecular weight excluding hydrogens is 435 g/mol. The van der Waals surface area contributed by atoms with Gasteiger partial charge in [0.15, 0.2) is 5.69 Å². The van der Waals surface area contributed by atoms with Crippen molar-refractivity contribution < 1.29 is 32.2 Å². The number of nitrogens with zero attached hydrogens (tertiary/aromatic N) is 6. The van der Waals surface area contributed by atoms with Crippen LogP contribution in [0.2, 0.25) is 0 Å². The van der Waals surface area contributed by atoms with Gasteiger partial charge in [0.2, 0.25) is 11.9 Å². The van der Waals surface area contributed by atoms with Crippen LogP contribution in [-0.4, -0.2) is 78.7 Å². The Bertz CT molecular complexity index is 1000.